The molecule has 1 N–H and O–H groups in total. The quantitative estimate of drug-likeness (QED) is 0.0466. The van der Waals surface area contributed by atoms with Crippen molar-refractivity contribution in [1.82, 2.24) is 0 Å². The molecule has 15 atom stereocenters. The Bertz CT molecular complexity index is 2670. The van der Waals surface area contributed by atoms with Crippen molar-refractivity contribution in [2.45, 2.75) is 160 Å². The molecular formula is C61H70O19. The van der Waals surface area contributed by atoms with E-state index in [4.69, 9.17) is 66.3 Å². The van der Waals surface area contributed by atoms with Gasteiger partial charge in [-0.1, -0.05) is 152 Å². The third-order valence-electron chi connectivity index (χ3n) is 13.4. The molecule has 3 saturated heterocycles. The van der Waals surface area contributed by atoms with Crippen LogP contribution >= 0.6 is 0 Å². The average molecular weight is 1110 g/mol. The van der Waals surface area contributed by atoms with Gasteiger partial charge in [0.25, 0.3) is 0 Å². The Labute approximate surface area is 465 Å². The average Bonchev–Trinajstić information content (AvgIpc) is 3.57. The number of esters is 4. The molecule has 5 aromatic carbocycles. The summed E-state index contributed by atoms with van der Waals surface area (Å²) in [6, 6.07) is 47.5. The Morgan fingerprint density at radius 2 is 0.775 bits per heavy atom. The standard InChI is InChI=1S/C61H70O19/c1-38-50(69-32-44-23-13-7-14-24-44)53(70-33-45-25-15-8-16-26-45)57(72-35-47-29-19-10-20-30-47)60(73-38)79-52-48(36-67-31-43-21-11-6-12-22-43)77-59(66)56(71-34-46-27-17-9-18-28-46)54(52)80-61-58(76-42(5)65)55(75-41(4)64)51(74-40(3)63)49(78-61)37-68-39(2)62/h6-30,38,48-61,66H,31-37H2,1-5H3/t38-,48+,49+,50+,51-,52+,53+,54-,55-,56+,57-,58+,59+,60-,61-/m0/s1. The molecule has 0 radical (unpaired) electrons. The van der Waals surface area contributed by atoms with E-state index in [1.165, 1.54) is 6.92 Å². The normalized spacial score (nSPS) is 28.5. The Hall–Kier alpha value is -6.46. The lowest BCUT2D eigenvalue weighted by molar-refractivity contribution is -0.391. The largest absolute Gasteiger partial charge is 0.463 e. The zero-order valence-electron chi connectivity index (χ0n) is 45.3. The monoisotopic (exact) mass is 1110 g/mol. The molecule has 428 valence electrons. The number of hydrogen-bond acceptors (Lipinski definition) is 19. The zero-order chi connectivity index (χ0) is 56.4. The molecule has 19 nitrogen and oxygen atoms in total. The first-order valence-electron chi connectivity index (χ1n) is 26.6. The van der Waals surface area contributed by atoms with Gasteiger partial charge in [0, 0.05) is 27.7 Å². The van der Waals surface area contributed by atoms with Crippen LogP contribution in [0.2, 0.25) is 0 Å². The molecule has 3 aliphatic rings. The number of aliphatic hydroxyl groups excluding tert-OH is 1. The fraction of sp³-hybridized carbons (Fsp3) is 0.443. The van der Waals surface area contributed by atoms with Gasteiger partial charge in [-0.2, -0.15) is 0 Å². The molecule has 80 heavy (non-hydrogen) atoms. The number of rotatable bonds is 25. The minimum Gasteiger partial charge on any atom is -0.463 e. The molecule has 0 spiro atoms. The summed E-state index contributed by atoms with van der Waals surface area (Å²) in [4.78, 5) is 51.1. The molecule has 3 heterocycles. The molecular weight excluding hydrogens is 1040 g/mol. The zero-order valence-corrected chi connectivity index (χ0v) is 45.3. The minimum atomic E-state index is -1.76. The van der Waals surface area contributed by atoms with Crippen LogP contribution in [0.25, 0.3) is 0 Å². The summed E-state index contributed by atoms with van der Waals surface area (Å²) in [5.74, 6) is -3.24. The van der Waals surface area contributed by atoms with Gasteiger partial charge in [-0.05, 0) is 34.7 Å². The van der Waals surface area contributed by atoms with E-state index in [9.17, 15) is 24.3 Å². The number of hydrogen-bond donors (Lipinski definition) is 1. The van der Waals surface area contributed by atoms with Crippen molar-refractivity contribution in [3.8, 4) is 0 Å². The highest BCUT2D eigenvalue weighted by atomic mass is 16.8. The summed E-state index contributed by atoms with van der Waals surface area (Å²) in [6.45, 7) is 6.10. The van der Waals surface area contributed by atoms with Gasteiger partial charge in [0.05, 0.1) is 45.7 Å². The lowest BCUT2D eigenvalue weighted by atomic mass is 9.95. The van der Waals surface area contributed by atoms with Gasteiger partial charge in [-0.25, -0.2) is 0 Å². The van der Waals surface area contributed by atoms with Crippen molar-refractivity contribution in [2.24, 2.45) is 0 Å². The molecule has 0 bridgehead atoms. The Morgan fingerprint density at radius 1 is 0.388 bits per heavy atom. The maximum atomic E-state index is 13.1. The first-order valence-corrected chi connectivity index (χ1v) is 26.6. The fourth-order valence-electron chi connectivity index (χ4n) is 9.75. The molecule has 0 saturated carbocycles. The summed E-state index contributed by atoms with van der Waals surface area (Å²) >= 11 is 0. The highest BCUT2D eigenvalue weighted by molar-refractivity contribution is 5.68. The molecule has 0 aromatic heterocycles. The molecule has 0 aliphatic carbocycles. The van der Waals surface area contributed by atoms with Crippen molar-refractivity contribution in [3.63, 3.8) is 0 Å². The highest BCUT2D eigenvalue weighted by Gasteiger charge is 2.58. The lowest BCUT2D eigenvalue weighted by Crippen LogP contribution is -2.68. The summed E-state index contributed by atoms with van der Waals surface area (Å²) < 4.78 is 90.5. The summed E-state index contributed by atoms with van der Waals surface area (Å²) in [5.41, 5.74) is 4.20. The first kappa shape index (κ1) is 59.7. The predicted molar refractivity (Wildman–Crippen MR) is 283 cm³/mol. The van der Waals surface area contributed by atoms with Crippen LogP contribution in [0.1, 0.15) is 62.4 Å². The van der Waals surface area contributed by atoms with Gasteiger partial charge in [0.15, 0.2) is 37.2 Å². The summed E-state index contributed by atoms with van der Waals surface area (Å²) in [5, 5.41) is 12.2. The third kappa shape index (κ3) is 17.0. The third-order valence-corrected chi connectivity index (χ3v) is 13.4. The van der Waals surface area contributed by atoms with E-state index in [1.807, 2.05) is 159 Å². The van der Waals surface area contributed by atoms with Crippen LogP contribution < -0.4 is 0 Å². The van der Waals surface area contributed by atoms with Crippen LogP contribution in [0.5, 0.6) is 0 Å². The molecule has 3 aliphatic heterocycles. The second kappa shape index (κ2) is 29.8. The van der Waals surface area contributed by atoms with Crippen molar-refractivity contribution in [2.75, 3.05) is 13.2 Å². The predicted octanol–water partition coefficient (Wildman–Crippen LogP) is 6.86. The topological polar surface area (TPSA) is 218 Å². The van der Waals surface area contributed by atoms with Gasteiger partial charge < -0.3 is 71.4 Å². The first-order chi connectivity index (χ1) is 38.8. The van der Waals surface area contributed by atoms with E-state index in [-0.39, 0.29) is 39.6 Å². The van der Waals surface area contributed by atoms with Crippen molar-refractivity contribution in [1.29, 1.82) is 0 Å². The van der Waals surface area contributed by atoms with Crippen molar-refractivity contribution in [3.05, 3.63) is 179 Å². The molecule has 0 unspecified atom stereocenters. The van der Waals surface area contributed by atoms with E-state index in [0.29, 0.717) is 0 Å². The Kier molecular flexibility index (Phi) is 22.3. The number of aliphatic hydroxyl groups is 1. The number of ether oxygens (including phenoxy) is 14. The lowest BCUT2D eigenvalue weighted by Gasteiger charge is -2.51. The molecule has 0 amide bonds. The highest BCUT2D eigenvalue weighted by Crippen LogP contribution is 2.38. The van der Waals surface area contributed by atoms with Crippen LogP contribution in [-0.4, -0.2) is 134 Å². The molecule has 19 heteroatoms. The summed E-state index contributed by atoms with van der Waals surface area (Å²) in [6.07, 6.45) is -20.0. The van der Waals surface area contributed by atoms with Crippen LogP contribution in [-0.2, 0) is 119 Å². The maximum absolute atomic E-state index is 13.1. The van der Waals surface area contributed by atoms with Crippen molar-refractivity contribution >= 4 is 23.9 Å². The molecule has 8 rings (SSSR count). The van der Waals surface area contributed by atoms with Gasteiger partial charge in [-0.15, -0.1) is 0 Å². The maximum Gasteiger partial charge on any atom is 0.303 e. The number of benzene rings is 5. The second-order valence-corrected chi connectivity index (χ2v) is 19.6. The van der Waals surface area contributed by atoms with Gasteiger partial charge in [0.2, 0.25) is 0 Å². The van der Waals surface area contributed by atoms with Crippen LogP contribution in [0, 0.1) is 0 Å². The van der Waals surface area contributed by atoms with Gasteiger partial charge >= 0.3 is 23.9 Å². The fourth-order valence-corrected chi connectivity index (χ4v) is 9.75. The number of carbonyl (C=O) groups excluding carboxylic acids is 4. The van der Waals surface area contributed by atoms with E-state index >= 15 is 0 Å². The van der Waals surface area contributed by atoms with E-state index in [1.54, 1.807) is 0 Å². The van der Waals surface area contributed by atoms with Crippen LogP contribution in [0.3, 0.4) is 0 Å². The van der Waals surface area contributed by atoms with Crippen LogP contribution in [0.15, 0.2) is 152 Å². The minimum absolute atomic E-state index is 0.0800. The van der Waals surface area contributed by atoms with E-state index < -0.39 is 123 Å². The SMILES string of the molecule is CC(=O)OC[C@H]1O[C@@H](O[C@@H]2[C@@H](OCc3ccccc3)[C@H](O)O[C@H](COCc3ccccc3)[C@H]2O[C@@H]2O[C@@H](C)[C@@H](OCc3ccccc3)[C@@H](OCc3ccccc3)[C@@H]2OCc2ccccc2)[C@H](OC(C)=O)[C@@H](OC(C)=O)[C@H]1OC(C)=O. The number of carbonyl (C=O) groups is 4. The Morgan fingerprint density at radius 3 is 1.25 bits per heavy atom. The smallest absolute Gasteiger partial charge is 0.303 e. The van der Waals surface area contributed by atoms with Crippen molar-refractivity contribution < 1.29 is 90.6 Å². The van der Waals surface area contributed by atoms with Gasteiger partial charge in [-0.3, -0.25) is 19.2 Å². The van der Waals surface area contributed by atoms with E-state index in [0.717, 1.165) is 48.6 Å². The molecule has 3 fully saturated rings. The Balaban J connectivity index is 1.23. The second-order valence-electron chi connectivity index (χ2n) is 19.6. The van der Waals surface area contributed by atoms with E-state index in [2.05, 4.69) is 0 Å². The summed E-state index contributed by atoms with van der Waals surface area (Å²) in [7, 11) is 0. The van der Waals surface area contributed by atoms with Crippen LogP contribution in [0.4, 0.5) is 0 Å². The van der Waals surface area contributed by atoms with Gasteiger partial charge in [0.1, 0.15) is 55.4 Å². The molecule has 5 aromatic rings.